The first-order valence-electron chi connectivity index (χ1n) is 6.86. The molecule has 0 unspecified atom stereocenters. The molecule has 1 aromatic rings. The van der Waals surface area contributed by atoms with Crippen molar-refractivity contribution in [2.75, 3.05) is 41.0 Å². The normalized spacial score (nSPS) is 11.5. The molecule has 0 saturated carbocycles. The first-order valence-corrected chi connectivity index (χ1v) is 6.86. The minimum absolute atomic E-state index is 0.730. The summed E-state index contributed by atoms with van der Waals surface area (Å²) in [5, 5.41) is 3.36. The largest absolute Gasteiger partial charge is 0.493 e. The summed E-state index contributed by atoms with van der Waals surface area (Å²) in [6, 6.07) is 5.95. The monoisotopic (exact) mass is 279 g/mol. The molecule has 0 fully saturated rings. The molecule has 0 aliphatic rings. The van der Waals surface area contributed by atoms with Gasteiger partial charge in [0.25, 0.3) is 0 Å². The molecule has 0 spiro atoms. The fourth-order valence-electron chi connectivity index (χ4n) is 1.88. The standard InChI is InChI=1S/C16H25NO3/c1-5-13(12-17-8-9-18-2)10-14-6-7-15(19-3)16(11-14)20-4/h6-7,10-11,17H,5,8-9,12H2,1-4H3. The van der Waals surface area contributed by atoms with Crippen LogP contribution in [0.5, 0.6) is 11.5 Å². The van der Waals surface area contributed by atoms with Crippen molar-refractivity contribution in [1.82, 2.24) is 5.32 Å². The van der Waals surface area contributed by atoms with Crippen LogP contribution in [-0.4, -0.2) is 41.0 Å². The summed E-state index contributed by atoms with van der Waals surface area (Å²) in [5.74, 6) is 1.50. The third-order valence-electron chi connectivity index (χ3n) is 3.07. The Morgan fingerprint density at radius 2 is 1.90 bits per heavy atom. The molecule has 0 amide bonds. The lowest BCUT2D eigenvalue weighted by atomic mass is 10.1. The zero-order chi connectivity index (χ0) is 14.8. The van der Waals surface area contributed by atoms with Crippen LogP contribution in [0, 0.1) is 0 Å². The first-order chi connectivity index (χ1) is 9.74. The van der Waals surface area contributed by atoms with Crippen molar-refractivity contribution in [2.24, 2.45) is 0 Å². The van der Waals surface area contributed by atoms with Gasteiger partial charge in [0, 0.05) is 20.2 Å². The van der Waals surface area contributed by atoms with Crippen LogP contribution >= 0.6 is 0 Å². The van der Waals surface area contributed by atoms with Gasteiger partial charge in [0.05, 0.1) is 20.8 Å². The quantitative estimate of drug-likeness (QED) is 0.706. The Labute approximate surface area is 121 Å². The molecule has 112 valence electrons. The van der Waals surface area contributed by atoms with Gasteiger partial charge in [-0.05, 0) is 24.1 Å². The zero-order valence-electron chi connectivity index (χ0n) is 12.9. The molecule has 4 nitrogen and oxygen atoms in total. The van der Waals surface area contributed by atoms with E-state index in [1.54, 1.807) is 21.3 Å². The van der Waals surface area contributed by atoms with E-state index in [0.717, 1.165) is 43.2 Å². The minimum atomic E-state index is 0.730. The predicted octanol–water partition coefficient (Wildman–Crippen LogP) is 2.73. The van der Waals surface area contributed by atoms with Crippen molar-refractivity contribution >= 4 is 6.08 Å². The summed E-state index contributed by atoms with van der Waals surface area (Å²) < 4.78 is 15.6. The van der Waals surface area contributed by atoms with E-state index in [0.29, 0.717) is 0 Å². The number of benzene rings is 1. The molecule has 0 aliphatic carbocycles. The summed E-state index contributed by atoms with van der Waals surface area (Å²) in [6.45, 7) is 4.62. The van der Waals surface area contributed by atoms with Crippen molar-refractivity contribution in [3.05, 3.63) is 29.3 Å². The summed E-state index contributed by atoms with van der Waals surface area (Å²) in [4.78, 5) is 0. The third kappa shape index (κ3) is 5.23. The Morgan fingerprint density at radius 3 is 2.50 bits per heavy atom. The average Bonchev–Trinajstić information content (AvgIpc) is 2.50. The number of ether oxygens (including phenoxy) is 3. The molecular weight excluding hydrogens is 254 g/mol. The van der Waals surface area contributed by atoms with E-state index in [9.17, 15) is 0 Å². The van der Waals surface area contributed by atoms with E-state index >= 15 is 0 Å². The van der Waals surface area contributed by atoms with Gasteiger partial charge < -0.3 is 19.5 Å². The van der Waals surface area contributed by atoms with Gasteiger partial charge in [-0.15, -0.1) is 0 Å². The van der Waals surface area contributed by atoms with Crippen LogP contribution < -0.4 is 14.8 Å². The van der Waals surface area contributed by atoms with E-state index < -0.39 is 0 Å². The third-order valence-corrected chi connectivity index (χ3v) is 3.07. The molecule has 1 rings (SSSR count). The molecule has 4 heteroatoms. The maximum absolute atomic E-state index is 5.32. The lowest BCUT2D eigenvalue weighted by Gasteiger charge is -2.10. The van der Waals surface area contributed by atoms with Gasteiger partial charge in [0.1, 0.15) is 0 Å². The van der Waals surface area contributed by atoms with Crippen LogP contribution in [0.2, 0.25) is 0 Å². The van der Waals surface area contributed by atoms with Crippen LogP contribution in [0.3, 0.4) is 0 Å². The summed E-state index contributed by atoms with van der Waals surface area (Å²) in [5.41, 5.74) is 2.46. The Kier molecular flexibility index (Phi) is 7.77. The summed E-state index contributed by atoms with van der Waals surface area (Å²) in [6.07, 6.45) is 3.19. The highest BCUT2D eigenvalue weighted by atomic mass is 16.5. The molecule has 0 saturated heterocycles. The first kappa shape index (κ1) is 16.5. The van der Waals surface area contributed by atoms with Crippen molar-refractivity contribution in [3.63, 3.8) is 0 Å². The van der Waals surface area contributed by atoms with E-state index in [4.69, 9.17) is 14.2 Å². The van der Waals surface area contributed by atoms with Crippen LogP contribution in [-0.2, 0) is 4.74 Å². The van der Waals surface area contributed by atoms with Gasteiger partial charge >= 0.3 is 0 Å². The molecule has 1 N–H and O–H groups in total. The lowest BCUT2D eigenvalue weighted by Crippen LogP contribution is -2.21. The molecule has 20 heavy (non-hydrogen) atoms. The highest BCUT2D eigenvalue weighted by Crippen LogP contribution is 2.28. The van der Waals surface area contributed by atoms with E-state index in [1.807, 2.05) is 18.2 Å². The Bertz CT molecular complexity index is 430. The topological polar surface area (TPSA) is 39.7 Å². The highest BCUT2D eigenvalue weighted by Gasteiger charge is 2.04. The molecule has 0 aromatic heterocycles. The maximum Gasteiger partial charge on any atom is 0.161 e. The fourth-order valence-corrected chi connectivity index (χ4v) is 1.88. The summed E-state index contributed by atoms with van der Waals surface area (Å²) in [7, 11) is 5.00. The second-order valence-corrected chi connectivity index (χ2v) is 4.44. The van der Waals surface area contributed by atoms with Crippen LogP contribution in [0.4, 0.5) is 0 Å². The zero-order valence-corrected chi connectivity index (χ0v) is 12.9. The van der Waals surface area contributed by atoms with Crippen molar-refractivity contribution in [1.29, 1.82) is 0 Å². The minimum Gasteiger partial charge on any atom is -0.493 e. The van der Waals surface area contributed by atoms with E-state index in [2.05, 4.69) is 18.3 Å². The number of rotatable bonds is 9. The number of hydrogen-bond donors (Lipinski definition) is 1. The van der Waals surface area contributed by atoms with Crippen LogP contribution in [0.15, 0.2) is 23.8 Å². The second kappa shape index (κ2) is 9.39. The van der Waals surface area contributed by atoms with Crippen molar-refractivity contribution < 1.29 is 14.2 Å². The van der Waals surface area contributed by atoms with Crippen LogP contribution in [0.1, 0.15) is 18.9 Å². The van der Waals surface area contributed by atoms with Gasteiger partial charge in [0.2, 0.25) is 0 Å². The van der Waals surface area contributed by atoms with Gasteiger partial charge in [-0.25, -0.2) is 0 Å². The second-order valence-electron chi connectivity index (χ2n) is 4.44. The predicted molar refractivity (Wildman–Crippen MR) is 82.6 cm³/mol. The molecule has 0 atom stereocenters. The molecule has 0 radical (unpaired) electrons. The number of hydrogen-bond acceptors (Lipinski definition) is 4. The SMILES string of the molecule is CCC(=Cc1ccc(OC)c(OC)c1)CNCCOC. The highest BCUT2D eigenvalue weighted by molar-refractivity contribution is 5.58. The van der Waals surface area contributed by atoms with E-state index in [1.165, 1.54) is 5.57 Å². The van der Waals surface area contributed by atoms with Gasteiger partial charge in [0.15, 0.2) is 11.5 Å². The van der Waals surface area contributed by atoms with Gasteiger partial charge in [-0.2, -0.15) is 0 Å². The molecular formula is C16H25NO3. The summed E-state index contributed by atoms with van der Waals surface area (Å²) >= 11 is 0. The number of nitrogens with one attached hydrogen (secondary N) is 1. The average molecular weight is 279 g/mol. The lowest BCUT2D eigenvalue weighted by molar-refractivity contribution is 0.200. The smallest absolute Gasteiger partial charge is 0.161 e. The Balaban J connectivity index is 2.73. The molecule has 0 bridgehead atoms. The molecule has 0 heterocycles. The van der Waals surface area contributed by atoms with Gasteiger partial charge in [-0.3, -0.25) is 0 Å². The van der Waals surface area contributed by atoms with Crippen molar-refractivity contribution in [2.45, 2.75) is 13.3 Å². The van der Waals surface area contributed by atoms with Crippen molar-refractivity contribution in [3.8, 4) is 11.5 Å². The van der Waals surface area contributed by atoms with Crippen LogP contribution in [0.25, 0.3) is 6.08 Å². The molecule has 1 aromatic carbocycles. The Morgan fingerprint density at radius 1 is 1.15 bits per heavy atom. The number of methoxy groups -OCH3 is 3. The van der Waals surface area contributed by atoms with Gasteiger partial charge in [-0.1, -0.05) is 24.6 Å². The van der Waals surface area contributed by atoms with E-state index in [-0.39, 0.29) is 0 Å². The maximum atomic E-state index is 5.32. The fraction of sp³-hybridized carbons (Fsp3) is 0.500. The Hall–Kier alpha value is -1.52. The molecule has 0 aliphatic heterocycles.